The molecule has 0 bridgehead atoms. The van der Waals surface area contributed by atoms with Crippen LogP contribution in [0, 0.1) is 0 Å². The Morgan fingerprint density at radius 3 is 2.56 bits per heavy atom. The van der Waals surface area contributed by atoms with Gasteiger partial charge in [0.05, 0.1) is 6.42 Å². The fourth-order valence-electron chi connectivity index (χ4n) is 0.940. The molecule has 0 aliphatic rings. The highest BCUT2D eigenvalue weighted by molar-refractivity contribution is 6.29. The maximum atomic E-state index is 11.9. The first-order chi connectivity index (χ1) is 7.28. The Balaban J connectivity index is 2.85. The Morgan fingerprint density at radius 1 is 1.44 bits per heavy atom. The minimum atomic E-state index is -4.34. The number of carbonyl (C=O) groups is 1. The molecule has 0 aromatic carbocycles. The molecular formula is C8H6ClF3N2O2. The number of hydrogen-bond donors (Lipinski definition) is 1. The zero-order chi connectivity index (χ0) is 12.3. The first-order valence-electron chi connectivity index (χ1n) is 4.11. The second kappa shape index (κ2) is 4.65. The van der Waals surface area contributed by atoms with Gasteiger partial charge >= 0.3 is 12.1 Å². The number of halogens is 4. The van der Waals surface area contributed by atoms with E-state index in [9.17, 15) is 18.0 Å². The summed E-state index contributed by atoms with van der Waals surface area (Å²) >= 11 is 5.45. The first-order valence-corrected chi connectivity index (χ1v) is 4.49. The van der Waals surface area contributed by atoms with E-state index in [2.05, 4.69) is 9.97 Å². The summed E-state index contributed by atoms with van der Waals surface area (Å²) in [5.74, 6) is -1.60. The molecule has 0 fully saturated rings. The van der Waals surface area contributed by atoms with Crippen molar-refractivity contribution in [1.29, 1.82) is 0 Å². The molecule has 0 unspecified atom stereocenters. The number of carboxylic acid groups (broad SMARTS) is 1. The van der Waals surface area contributed by atoms with Crippen LogP contribution < -0.4 is 0 Å². The Kier molecular flexibility index (Phi) is 3.69. The lowest BCUT2D eigenvalue weighted by atomic mass is 10.3. The summed E-state index contributed by atoms with van der Waals surface area (Å²) in [4.78, 5) is 17.5. The molecule has 1 rings (SSSR count). The predicted molar refractivity (Wildman–Crippen MR) is 48.4 cm³/mol. The van der Waals surface area contributed by atoms with Gasteiger partial charge in [0, 0.05) is 12.5 Å². The second-order valence-corrected chi connectivity index (χ2v) is 3.30. The van der Waals surface area contributed by atoms with Gasteiger partial charge in [-0.3, -0.25) is 0 Å². The predicted octanol–water partition coefficient (Wildman–Crippen LogP) is 2.32. The molecule has 0 radical (unpaired) electrons. The lowest BCUT2D eigenvalue weighted by Crippen LogP contribution is -2.12. The van der Waals surface area contributed by atoms with Crippen LogP contribution in [0.3, 0.4) is 0 Å². The molecule has 0 aliphatic heterocycles. The van der Waals surface area contributed by atoms with E-state index in [0.717, 1.165) is 6.07 Å². The standard InChI is InChI=1S/C8H6ClF3N2O2/c9-5-3-4(7(15)16)13-6(14-5)1-2-8(10,11)12/h3H,1-2H2,(H,15,16). The Hall–Kier alpha value is -1.37. The molecule has 1 N–H and O–H groups in total. The van der Waals surface area contributed by atoms with Gasteiger partial charge in [-0.05, 0) is 0 Å². The second-order valence-electron chi connectivity index (χ2n) is 2.91. The number of carboxylic acids is 1. The third-order valence-electron chi connectivity index (χ3n) is 1.59. The molecule has 0 saturated carbocycles. The van der Waals surface area contributed by atoms with Crippen molar-refractivity contribution in [3.05, 3.63) is 22.7 Å². The third kappa shape index (κ3) is 4.01. The van der Waals surface area contributed by atoms with Crippen LogP contribution in [0.2, 0.25) is 5.15 Å². The van der Waals surface area contributed by atoms with Crippen LogP contribution in [0.4, 0.5) is 13.2 Å². The lowest BCUT2D eigenvalue weighted by molar-refractivity contribution is -0.134. The number of aromatic nitrogens is 2. The van der Waals surface area contributed by atoms with Crippen LogP contribution in [-0.2, 0) is 6.42 Å². The Morgan fingerprint density at radius 2 is 2.06 bits per heavy atom. The summed E-state index contributed by atoms with van der Waals surface area (Å²) in [6.45, 7) is 0. The van der Waals surface area contributed by atoms with Crippen molar-refractivity contribution in [3.63, 3.8) is 0 Å². The SMILES string of the molecule is O=C(O)c1cc(Cl)nc(CCC(F)(F)F)n1. The van der Waals surface area contributed by atoms with Crippen LogP contribution in [0.25, 0.3) is 0 Å². The molecule has 16 heavy (non-hydrogen) atoms. The van der Waals surface area contributed by atoms with Crippen molar-refractivity contribution >= 4 is 17.6 Å². The van der Waals surface area contributed by atoms with Gasteiger partial charge in [0.1, 0.15) is 11.0 Å². The average molecular weight is 255 g/mol. The topological polar surface area (TPSA) is 63.1 Å². The number of rotatable bonds is 3. The molecule has 0 atom stereocenters. The van der Waals surface area contributed by atoms with Crippen molar-refractivity contribution in [3.8, 4) is 0 Å². The van der Waals surface area contributed by atoms with Crippen LogP contribution >= 0.6 is 11.6 Å². The monoisotopic (exact) mass is 254 g/mol. The van der Waals surface area contributed by atoms with Crippen molar-refractivity contribution in [2.75, 3.05) is 0 Å². The van der Waals surface area contributed by atoms with E-state index in [1.807, 2.05) is 0 Å². The summed E-state index contributed by atoms with van der Waals surface area (Å²) in [6.07, 6.45) is -5.95. The molecule has 0 aliphatic carbocycles. The minimum absolute atomic E-state index is 0.190. The molecule has 88 valence electrons. The van der Waals surface area contributed by atoms with Crippen LogP contribution in [0.1, 0.15) is 22.7 Å². The zero-order valence-electron chi connectivity index (χ0n) is 7.75. The van der Waals surface area contributed by atoms with Crippen molar-refractivity contribution in [2.45, 2.75) is 19.0 Å². The lowest BCUT2D eigenvalue weighted by Gasteiger charge is -2.05. The number of alkyl halides is 3. The van der Waals surface area contributed by atoms with Crippen LogP contribution in [-0.4, -0.2) is 27.2 Å². The van der Waals surface area contributed by atoms with Crippen molar-refractivity contribution in [2.24, 2.45) is 0 Å². The van der Waals surface area contributed by atoms with E-state index in [0.29, 0.717) is 0 Å². The highest BCUT2D eigenvalue weighted by Gasteiger charge is 2.27. The molecule has 1 aromatic heterocycles. The van der Waals surface area contributed by atoms with E-state index < -0.39 is 30.7 Å². The zero-order valence-corrected chi connectivity index (χ0v) is 8.51. The van der Waals surface area contributed by atoms with Gasteiger partial charge in [-0.2, -0.15) is 13.2 Å². The molecular weight excluding hydrogens is 249 g/mol. The number of nitrogens with zero attached hydrogens (tertiary/aromatic N) is 2. The Labute approximate surface area is 93.1 Å². The molecule has 0 amide bonds. The van der Waals surface area contributed by atoms with E-state index in [1.165, 1.54) is 0 Å². The maximum Gasteiger partial charge on any atom is 0.389 e. The van der Waals surface area contributed by atoms with Crippen molar-refractivity contribution in [1.82, 2.24) is 9.97 Å². The molecule has 1 heterocycles. The van der Waals surface area contributed by atoms with Gasteiger partial charge in [0.2, 0.25) is 0 Å². The number of aryl methyl sites for hydroxylation is 1. The Bertz CT molecular complexity index is 409. The average Bonchev–Trinajstić information content (AvgIpc) is 2.13. The highest BCUT2D eigenvalue weighted by atomic mass is 35.5. The summed E-state index contributed by atoms with van der Waals surface area (Å²) in [5.41, 5.74) is -0.419. The quantitative estimate of drug-likeness (QED) is 0.841. The van der Waals surface area contributed by atoms with Gasteiger partial charge in [-0.15, -0.1) is 0 Å². The molecule has 4 nitrogen and oxygen atoms in total. The molecule has 0 spiro atoms. The molecule has 1 aromatic rings. The van der Waals surface area contributed by atoms with E-state index in [4.69, 9.17) is 16.7 Å². The summed E-state index contributed by atoms with van der Waals surface area (Å²) < 4.78 is 35.7. The fraction of sp³-hybridized carbons (Fsp3) is 0.375. The maximum absolute atomic E-state index is 11.9. The van der Waals surface area contributed by atoms with Gasteiger partial charge in [0.25, 0.3) is 0 Å². The summed E-state index contributed by atoms with van der Waals surface area (Å²) in [6, 6.07) is 0.973. The van der Waals surface area contributed by atoms with Crippen LogP contribution in [0.15, 0.2) is 6.07 Å². The van der Waals surface area contributed by atoms with Gasteiger partial charge in [-0.25, -0.2) is 14.8 Å². The van der Waals surface area contributed by atoms with E-state index in [-0.39, 0.29) is 11.0 Å². The fourth-order valence-corrected chi connectivity index (χ4v) is 1.14. The minimum Gasteiger partial charge on any atom is -0.477 e. The smallest absolute Gasteiger partial charge is 0.389 e. The largest absolute Gasteiger partial charge is 0.477 e. The molecule has 8 heteroatoms. The third-order valence-corrected chi connectivity index (χ3v) is 1.79. The van der Waals surface area contributed by atoms with Gasteiger partial charge in [0.15, 0.2) is 5.69 Å². The highest BCUT2D eigenvalue weighted by Crippen LogP contribution is 2.21. The van der Waals surface area contributed by atoms with Crippen LogP contribution in [0.5, 0.6) is 0 Å². The van der Waals surface area contributed by atoms with Gasteiger partial charge in [-0.1, -0.05) is 11.6 Å². The summed E-state index contributed by atoms with van der Waals surface area (Å²) in [7, 11) is 0. The van der Waals surface area contributed by atoms with E-state index >= 15 is 0 Å². The van der Waals surface area contributed by atoms with Crippen molar-refractivity contribution < 1.29 is 23.1 Å². The number of hydrogen-bond acceptors (Lipinski definition) is 3. The molecule has 0 saturated heterocycles. The number of aromatic carboxylic acids is 1. The van der Waals surface area contributed by atoms with E-state index in [1.54, 1.807) is 0 Å². The normalized spacial score (nSPS) is 11.5. The first kappa shape index (κ1) is 12.7. The summed E-state index contributed by atoms with van der Waals surface area (Å²) in [5, 5.41) is 8.40. The van der Waals surface area contributed by atoms with Gasteiger partial charge < -0.3 is 5.11 Å².